The van der Waals surface area contributed by atoms with Gasteiger partial charge in [-0.05, 0) is 60.2 Å². The highest BCUT2D eigenvalue weighted by Gasteiger charge is 2.35. The maximum Gasteiger partial charge on any atom is 0.255 e. The molecule has 3 amide bonds. The highest BCUT2D eigenvalue weighted by Crippen LogP contribution is 2.28. The van der Waals surface area contributed by atoms with Gasteiger partial charge in [0.05, 0.1) is 5.88 Å². The third kappa shape index (κ3) is 4.35. The molecular weight excluding hydrogens is 466 g/mol. The summed E-state index contributed by atoms with van der Waals surface area (Å²) in [5.74, 6) is 0.608. The standard InChI is InChI=1S/C26H25N3O3S2/c1-17-20(26(32)28-12-10-23-19(14-28)11-13-34-23)8-5-9-21(17)27-24(30)22-15-33-16-29(22)25(31)18-6-3-2-4-7-18/h2-9,11,13,22H,10,12,14-16H2,1H3,(H,27,30)/t22-/m0/s1. The van der Waals surface area contributed by atoms with E-state index in [1.807, 2.05) is 42.2 Å². The van der Waals surface area contributed by atoms with Crippen molar-refractivity contribution in [3.8, 4) is 0 Å². The summed E-state index contributed by atoms with van der Waals surface area (Å²) >= 11 is 3.31. The number of rotatable bonds is 4. The summed E-state index contributed by atoms with van der Waals surface area (Å²) in [6.07, 6.45) is 0.874. The highest BCUT2D eigenvalue weighted by atomic mass is 32.2. The van der Waals surface area contributed by atoms with Crippen molar-refractivity contribution >= 4 is 46.5 Å². The zero-order valence-corrected chi connectivity index (χ0v) is 20.5. The molecule has 1 saturated heterocycles. The smallest absolute Gasteiger partial charge is 0.255 e. The van der Waals surface area contributed by atoms with Crippen molar-refractivity contribution in [2.45, 2.75) is 25.9 Å². The zero-order valence-electron chi connectivity index (χ0n) is 18.8. The van der Waals surface area contributed by atoms with Crippen LogP contribution in [0.15, 0.2) is 60.0 Å². The molecule has 1 fully saturated rings. The number of fused-ring (bicyclic) bond motifs is 1. The van der Waals surface area contributed by atoms with Crippen molar-refractivity contribution in [3.05, 3.63) is 87.1 Å². The fourth-order valence-corrected chi connectivity index (χ4v) is 6.46. The van der Waals surface area contributed by atoms with E-state index in [9.17, 15) is 14.4 Å². The molecule has 0 bridgehead atoms. The number of anilines is 1. The van der Waals surface area contributed by atoms with Crippen LogP contribution >= 0.6 is 23.1 Å². The Bertz CT molecular complexity index is 1240. The molecular formula is C26H25N3O3S2. The molecule has 6 nitrogen and oxygen atoms in total. The van der Waals surface area contributed by atoms with Gasteiger partial charge in [0.15, 0.2) is 0 Å². The second-order valence-corrected chi connectivity index (χ2v) is 10.5. The van der Waals surface area contributed by atoms with Gasteiger partial charge < -0.3 is 15.1 Å². The number of carbonyl (C=O) groups excluding carboxylic acids is 3. The van der Waals surface area contributed by atoms with Gasteiger partial charge >= 0.3 is 0 Å². The number of benzene rings is 2. The molecule has 5 rings (SSSR count). The third-order valence-corrected chi connectivity index (χ3v) is 8.42. The number of hydrogen-bond donors (Lipinski definition) is 1. The molecule has 3 heterocycles. The van der Waals surface area contributed by atoms with Crippen LogP contribution in [0.1, 0.15) is 36.7 Å². The molecule has 1 N–H and O–H groups in total. The Labute approximate surface area is 207 Å². The molecule has 0 spiro atoms. The fraction of sp³-hybridized carbons (Fsp3) is 0.269. The van der Waals surface area contributed by atoms with Crippen LogP contribution in [0.25, 0.3) is 0 Å². The minimum Gasteiger partial charge on any atom is -0.334 e. The number of hydrogen-bond acceptors (Lipinski definition) is 5. The summed E-state index contributed by atoms with van der Waals surface area (Å²) in [4.78, 5) is 44.3. The Morgan fingerprint density at radius 2 is 1.82 bits per heavy atom. The molecule has 1 aromatic heterocycles. The van der Waals surface area contributed by atoms with Crippen LogP contribution in [0.4, 0.5) is 5.69 Å². The number of nitrogens with one attached hydrogen (secondary N) is 1. The van der Waals surface area contributed by atoms with Gasteiger partial charge in [0.2, 0.25) is 5.91 Å². The van der Waals surface area contributed by atoms with E-state index in [1.54, 1.807) is 46.2 Å². The average Bonchev–Trinajstić information content (AvgIpc) is 3.54. The topological polar surface area (TPSA) is 69.7 Å². The minimum atomic E-state index is -0.560. The maximum atomic E-state index is 13.3. The lowest BCUT2D eigenvalue weighted by atomic mass is 10.0. The number of carbonyl (C=O) groups is 3. The molecule has 0 radical (unpaired) electrons. The van der Waals surface area contributed by atoms with Crippen LogP contribution in [-0.4, -0.2) is 51.7 Å². The van der Waals surface area contributed by atoms with Crippen molar-refractivity contribution in [1.82, 2.24) is 9.80 Å². The first kappa shape index (κ1) is 22.7. The van der Waals surface area contributed by atoms with Crippen LogP contribution in [-0.2, 0) is 17.8 Å². The second-order valence-electron chi connectivity index (χ2n) is 8.47. The first-order valence-corrected chi connectivity index (χ1v) is 13.2. The van der Waals surface area contributed by atoms with Gasteiger partial charge in [-0.25, -0.2) is 0 Å². The number of thiophene rings is 1. The fourth-order valence-electron chi connectivity index (χ4n) is 4.42. The Morgan fingerprint density at radius 1 is 1.00 bits per heavy atom. The van der Waals surface area contributed by atoms with E-state index in [2.05, 4.69) is 16.8 Å². The van der Waals surface area contributed by atoms with Crippen molar-refractivity contribution in [1.29, 1.82) is 0 Å². The maximum absolute atomic E-state index is 13.3. The normalized spacial score (nSPS) is 17.4. The molecule has 34 heavy (non-hydrogen) atoms. The van der Waals surface area contributed by atoms with Crippen molar-refractivity contribution in [2.75, 3.05) is 23.5 Å². The minimum absolute atomic E-state index is 0.0252. The third-order valence-electron chi connectivity index (χ3n) is 6.38. The van der Waals surface area contributed by atoms with E-state index in [1.165, 1.54) is 10.4 Å². The molecule has 3 aromatic rings. The van der Waals surface area contributed by atoms with Crippen LogP contribution in [0.3, 0.4) is 0 Å². The lowest BCUT2D eigenvalue weighted by Gasteiger charge is -2.28. The second kappa shape index (κ2) is 9.64. The lowest BCUT2D eigenvalue weighted by Crippen LogP contribution is -2.44. The molecule has 0 saturated carbocycles. The van der Waals surface area contributed by atoms with Crippen molar-refractivity contribution in [3.63, 3.8) is 0 Å². The summed E-state index contributed by atoms with van der Waals surface area (Å²) < 4.78 is 0. The quantitative estimate of drug-likeness (QED) is 0.587. The molecule has 0 unspecified atom stereocenters. The zero-order chi connectivity index (χ0) is 23.7. The van der Waals surface area contributed by atoms with Crippen LogP contribution in [0, 0.1) is 6.92 Å². The summed E-state index contributed by atoms with van der Waals surface area (Å²) in [5.41, 5.74) is 3.72. The summed E-state index contributed by atoms with van der Waals surface area (Å²) in [6.45, 7) is 3.17. The largest absolute Gasteiger partial charge is 0.334 e. The van der Waals surface area contributed by atoms with E-state index >= 15 is 0 Å². The summed E-state index contributed by atoms with van der Waals surface area (Å²) in [5, 5.41) is 5.06. The number of nitrogens with zero attached hydrogens (tertiary/aromatic N) is 2. The van der Waals surface area contributed by atoms with Crippen LogP contribution < -0.4 is 5.32 Å². The predicted molar refractivity (Wildman–Crippen MR) is 136 cm³/mol. The first-order chi connectivity index (χ1) is 16.5. The van der Waals surface area contributed by atoms with Gasteiger partial charge in [0.25, 0.3) is 11.8 Å². The van der Waals surface area contributed by atoms with E-state index in [0.717, 1.165) is 12.0 Å². The van der Waals surface area contributed by atoms with E-state index in [-0.39, 0.29) is 17.7 Å². The van der Waals surface area contributed by atoms with Gasteiger partial charge in [0.1, 0.15) is 6.04 Å². The Hall–Kier alpha value is -3.10. The Morgan fingerprint density at radius 3 is 2.65 bits per heavy atom. The molecule has 174 valence electrons. The first-order valence-electron chi connectivity index (χ1n) is 11.2. The molecule has 2 aliphatic rings. The highest BCUT2D eigenvalue weighted by molar-refractivity contribution is 7.99. The molecule has 0 aliphatic carbocycles. The summed E-state index contributed by atoms with van der Waals surface area (Å²) in [7, 11) is 0. The van der Waals surface area contributed by atoms with Gasteiger partial charge in [-0.3, -0.25) is 14.4 Å². The van der Waals surface area contributed by atoms with E-state index < -0.39 is 6.04 Å². The summed E-state index contributed by atoms with van der Waals surface area (Å²) in [6, 6.07) is 16.0. The molecule has 1 atom stereocenters. The number of thioether (sulfide) groups is 1. The Kier molecular flexibility index (Phi) is 6.43. The monoisotopic (exact) mass is 491 g/mol. The average molecular weight is 492 g/mol. The Balaban J connectivity index is 1.31. The van der Waals surface area contributed by atoms with E-state index in [4.69, 9.17) is 0 Å². The predicted octanol–water partition coefficient (Wildman–Crippen LogP) is 4.41. The van der Waals surface area contributed by atoms with Crippen molar-refractivity contribution < 1.29 is 14.4 Å². The van der Waals surface area contributed by atoms with Gasteiger partial charge in [-0.15, -0.1) is 23.1 Å². The van der Waals surface area contributed by atoms with Gasteiger partial charge in [-0.1, -0.05) is 24.3 Å². The van der Waals surface area contributed by atoms with Gasteiger partial charge in [0, 0.05) is 40.5 Å². The SMILES string of the molecule is Cc1c(NC(=O)[C@@H]2CSCN2C(=O)c2ccccc2)cccc1C(=O)N1CCc2sccc2C1. The van der Waals surface area contributed by atoms with Crippen molar-refractivity contribution in [2.24, 2.45) is 0 Å². The number of amides is 3. The molecule has 2 aliphatic heterocycles. The molecule has 2 aromatic carbocycles. The van der Waals surface area contributed by atoms with Crippen LogP contribution in [0.2, 0.25) is 0 Å². The van der Waals surface area contributed by atoms with Gasteiger partial charge in [-0.2, -0.15) is 0 Å². The lowest BCUT2D eigenvalue weighted by molar-refractivity contribution is -0.119. The molecule has 8 heteroatoms. The van der Waals surface area contributed by atoms with E-state index in [0.29, 0.717) is 41.5 Å². The van der Waals surface area contributed by atoms with Crippen LogP contribution in [0.5, 0.6) is 0 Å².